The molecule has 1 heterocycles. The van der Waals surface area contributed by atoms with Gasteiger partial charge in [0.1, 0.15) is 11.6 Å². The van der Waals surface area contributed by atoms with E-state index in [4.69, 9.17) is 0 Å². The van der Waals surface area contributed by atoms with Gasteiger partial charge in [0.2, 0.25) is 0 Å². The van der Waals surface area contributed by atoms with Crippen LogP contribution in [-0.2, 0) is 0 Å². The molecule has 20 heavy (non-hydrogen) atoms. The second kappa shape index (κ2) is 6.57. The monoisotopic (exact) mass is 276 g/mol. The molecule has 0 radical (unpaired) electrons. The van der Waals surface area contributed by atoms with Crippen molar-refractivity contribution in [2.75, 3.05) is 6.54 Å². The average Bonchev–Trinajstić information content (AvgIpc) is 2.41. The number of rotatable bonds is 5. The fourth-order valence-electron chi connectivity index (χ4n) is 2.25. The van der Waals surface area contributed by atoms with Gasteiger partial charge in [-0.25, -0.2) is 8.78 Å². The first-order valence-corrected chi connectivity index (χ1v) is 6.71. The second-order valence-electron chi connectivity index (χ2n) is 4.82. The molecule has 0 amide bonds. The molecule has 4 heteroatoms. The Morgan fingerprint density at radius 3 is 2.60 bits per heavy atom. The molecule has 1 N–H and O–H groups in total. The van der Waals surface area contributed by atoms with E-state index in [-0.39, 0.29) is 17.7 Å². The summed E-state index contributed by atoms with van der Waals surface area (Å²) in [5, 5.41) is 3.36. The lowest BCUT2D eigenvalue weighted by Crippen LogP contribution is -2.24. The van der Waals surface area contributed by atoms with E-state index in [1.165, 1.54) is 24.4 Å². The molecule has 0 aliphatic carbocycles. The van der Waals surface area contributed by atoms with Crippen LogP contribution in [0.1, 0.15) is 36.1 Å². The molecule has 2 aromatic rings. The van der Waals surface area contributed by atoms with Crippen molar-refractivity contribution in [2.45, 2.75) is 26.3 Å². The number of hydrogen-bond acceptors (Lipinski definition) is 2. The lowest BCUT2D eigenvalue weighted by atomic mass is 9.95. The van der Waals surface area contributed by atoms with Gasteiger partial charge in [-0.05, 0) is 54.8 Å². The molecule has 0 saturated carbocycles. The highest BCUT2D eigenvalue weighted by Gasteiger charge is 2.16. The second-order valence-corrected chi connectivity index (χ2v) is 4.82. The molecular formula is C16H18F2N2. The third kappa shape index (κ3) is 3.39. The molecule has 2 nitrogen and oxygen atoms in total. The summed E-state index contributed by atoms with van der Waals surface area (Å²) in [4.78, 5) is 3.90. The lowest BCUT2D eigenvalue weighted by molar-refractivity contribution is 0.575. The van der Waals surface area contributed by atoms with Crippen LogP contribution in [0.15, 0.2) is 36.7 Å². The molecule has 0 fully saturated rings. The molecule has 1 aromatic carbocycles. The molecule has 2 rings (SSSR count). The number of benzene rings is 1. The normalized spacial score (nSPS) is 12.4. The van der Waals surface area contributed by atoms with Gasteiger partial charge in [0.05, 0.1) is 12.2 Å². The zero-order valence-corrected chi connectivity index (χ0v) is 11.7. The molecular weight excluding hydrogens is 258 g/mol. The van der Waals surface area contributed by atoms with E-state index < -0.39 is 0 Å². The first-order chi connectivity index (χ1) is 9.61. The summed E-state index contributed by atoms with van der Waals surface area (Å²) in [6.45, 7) is 4.70. The smallest absolute Gasteiger partial charge is 0.141 e. The SMILES string of the molecule is CCCNC(c1cncc(F)c1)c1ccc(F)cc1C. The Labute approximate surface area is 117 Å². The van der Waals surface area contributed by atoms with Crippen molar-refractivity contribution in [3.8, 4) is 0 Å². The van der Waals surface area contributed by atoms with Gasteiger partial charge in [-0.15, -0.1) is 0 Å². The van der Waals surface area contributed by atoms with Crippen molar-refractivity contribution < 1.29 is 8.78 Å². The predicted molar refractivity (Wildman–Crippen MR) is 75.5 cm³/mol. The Hall–Kier alpha value is -1.81. The highest BCUT2D eigenvalue weighted by atomic mass is 19.1. The summed E-state index contributed by atoms with van der Waals surface area (Å²) in [6, 6.07) is 5.93. The van der Waals surface area contributed by atoms with Crippen LogP contribution in [0, 0.1) is 18.6 Å². The van der Waals surface area contributed by atoms with E-state index in [0.717, 1.165) is 29.7 Å². The number of halogens is 2. The Bertz CT molecular complexity index is 584. The van der Waals surface area contributed by atoms with E-state index in [2.05, 4.69) is 17.2 Å². The van der Waals surface area contributed by atoms with E-state index in [1.54, 1.807) is 12.3 Å². The van der Waals surface area contributed by atoms with E-state index in [1.807, 2.05) is 6.92 Å². The minimum absolute atomic E-state index is 0.182. The van der Waals surface area contributed by atoms with Gasteiger partial charge in [-0.1, -0.05) is 13.0 Å². The minimum atomic E-state index is -0.370. The van der Waals surface area contributed by atoms with Crippen molar-refractivity contribution in [2.24, 2.45) is 0 Å². The quantitative estimate of drug-likeness (QED) is 0.899. The lowest BCUT2D eigenvalue weighted by Gasteiger charge is -2.21. The van der Waals surface area contributed by atoms with Gasteiger partial charge >= 0.3 is 0 Å². The van der Waals surface area contributed by atoms with E-state index in [9.17, 15) is 8.78 Å². The van der Waals surface area contributed by atoms with Crippen LogP contribution >= 0.6 is 0 Å². The number of hydrogen-bond donors (Lipinski definition) is 1. The van der Waals surface area contributed by atoms with Crippen LogP contribution in [0.25, 0.3) is 0 Å². The fraction of sp³-hybridized carbons (Fsp3) is 0.312. The van der Waals surface area contributed by atoms with Gasteiger partial charge < -0.3 is 5.32 Å². The van der Waals surface area contributed by atoms with Crippen LogP contribution in [0.3, 0.4) is 0 Å². The maximum absolute atomic E-state index is 13.4. The van der Waals surface area contributed by atoms with Crippen LogP contribution in [-0.4, -0.2) is 11.5 Å². The van der Waals surface area contributed by atoms with Crippen molar-refractivity contribution in [3.63, 3.8) is 0 Å². The van der Waals surface area contributed by atoms with Crippen molar-refractivity contribution in [1.29, 1.82) is 0 Å². The number of aromatic nitrogens is 1. The summed E-state index contributed by atoms with van der Waals surface area (Å²) >= 11 is 0. The summed E-state index contributed by atoms with van der Waals surface area (Å²) in [5.41, 5.74) is 2.52. The van der Waals surface area contributed by atoms with Crippen LogP contribution in [0.4, 0.5) is 8.78 Å². The van der Waals surface area contributed by atoms with Crippen LogP contribution in [0.5, 0.6) is 0 Å². The molecule has 0 spiro atoms. The summed E-state index contributed by atoms with van der Waals surface area (Å²) in [6.07, 6.45) is 3.77. The zero-order valence-electron chi connectivity index (χ0n) is 11.7. The maximum atomic E-state index is 13.4. The fourth-order valence-corrected chi connectivity index (χ4v) is 2.25. The number of pyridine rings is 1. The molecule has 0 aliphatic heterocycles. The number of nitrogens with zero attached hydrogens (tertiary/aromatic N) is 1. The van der Waals surface area contributed by atoms with Crippen molar-refractivity contribution >= 4 is 0 Å². The van der Waals surface area contributed by atoms with Gasteiger partial charge in [0.25, 0.3) is 0 Å². The molecule has 1 unspecified atom stereocenters. The average molecular weight is 276 g/mol. The highest BCUT2D eigenvalue weighted by molar-refractivity contribution is 5.36. The van der Waals surface area contributed by atoms with Crippen LogP contribution in [0.2, 0.25) is 0 Å². The predicted octanol–water partition coefficient (Wildman–Crippen LogP) is 3.76. The minimum Gasteiger partial charge on any atom is -0.306 e. The molecule has 0 saturated heterocycles. The number of aryl methyl sites for hydroxylation is 1. The first kappa shape index (κ1) is 14.6. The van der Waals surface area contributed by atoms with Gasteiger partial charge in [0, 0.05) is 6.20 Å². The van der Waals surface area contributed by atoms with Crippen molar-refractivity contribution in [1.82, 2.24) is 10.3 Å². The summed E-state index contributed by atoms with van der Waals surface area (Å²) in [5.74, 6) is -0.636. The Kier molecular flexibility index (Phi) is 4.79. The van der Waals surface area contributed by atoms with Gasteiger partial charge in [-0.3, -0.25) is 4.98 Å². The number of nitrogens with one attached hydrogen (secondary N) is 1. The molecule has 1 atom stereocenters. The third-order valence-corrected chi connectivity index (χ3v) is 3.20. The van der Waals surface area contributed by atoms with E-state index in [0.29, 0.717) is 0 Å². The molecule has 0 bridgehead atoms. The van der Waals surface area contributed by atoms with Gasteiger partial charge in [0.15, 0.2) is 0 Å². The largest absolute Gasteiger partial charge is 0.306 e. The topological polar surface area (TPSA) is 24.9 Å². The zero-order chi connectivity index (χ0) is 14.5. The Morgan fingerprint density at radius 2 is 1.95 bits per heavy atom. The van der Waals surface area contributed by atoms with Gasteiger partial charge in [-0.2, -0.15) is 0 Å². The standard InChI is InChI=1S/C16H18F2N2/c1-3-6-20-16(12-8-14(18)10-19-9-12)15-5-4-13(17)7-11(15)2/h4-5,7-10,16,20H,3,6H2,1-2H3. The first-order valence-electron chi connectivity index (χ1n) is 6.71. The molecule has 0 aliphatic rings. The Balaban J connectivity index is 2.41. The molecule has 1 aromatic heterocycles. The highest BCUT2D eigenvalue weighted by Crippen LogP contribution is 2.25. The Morgan fingerprint density at radius 1 is 1.15 bits per heavy atom. The van der Waals surface area contributed by atoms with Crippen molar-refractivity contribution in [3.05, 3.63) is 65.0 Å². The third-order valence-electron chi connectivity index (χ3n) is 3.20. The van der Waals surface area contributed by atoms with E-state index >= 15 is 0 Å². The maximum Gasteiger partial charge on any atom is 0.141 e. The molecule has 106 valence electrons. The summed E-state index contributed by atoms with van der Waals surface area (Å²) < 4.78 is 26.6. The summed E-state index contributed by atoms with van der Waals surface area (Å²) in [7, 11) is 0. The van der Waals surface area contributed by atoms with Crippen LogP contribution < -0.4 is 5.32 Å².